The SMILES string of the molecule is OCC1CCn2c(nnc2CC2CCSC2)C1. The summed E-state index contributed by atoms with van der Waals surface area (Å²) in [5.41, 5.74) is 0. The van der Waals surface area contributed by atoms with Gasteiger partial charge in [-0.25, -0.2) is 0 Å². The van der Waals surface area contributed by atoms with Crippen molar-refractivity contribution in [3.05, 3.63) is 11.6 Å². The van der Waals surface area contributed by atoms with Crippen LogP contribution in [0, 0.1) is 11.8 Å². The van der Waals surface area contributed by atoms with Gasteiger partial charge in [-0.1, -0.05) is 0 Å². The second-order valence-electron chi connectivity index (χ2n) is 5.16. The molecule has 4 nitrogen and oxygen atoms in total. The van der Waals surface area contributed by atoms with Gasteiger partial charge in [0.1, 0.15) is 11.6 Å². The molecule has 0 aliphatic carbocycles. The van der Waals surface area contributed by atoms with Gasteiger partial charge in [-0.15, -0.1) is 10.2 Å². The van der Waals surface area contributed by atoms with Crippen molar-refractivity contribution in [1.82, 2.24) is 14.8 Å². The highest BCUT2D eigenvalue weighted by Crippen LogP contribution is 2.27. The van der Waals surface area contributed by atoms with E-state index in [1.165, 1.54) is 23.8 Å². The van der Waals surface area contributed by atoms with Crippen LogP contribution in [0.3, 0.4) is 0 Å². The molecule has 0 amide bonds. The molecule has 94 valence electrons. The molecule has 3 heterocycles. The molecule has 17 heavy (non-hydrogen) atoms. The summed E-state index contributed by atoms with van der Waals surface area (Å²) in [4.78, 5) is 0. The van der Waals surface area contributed by atoms with Crippen molar-refractivity contribution in [2.45, 2.75) is 32.2 Å². The summed E-state index contributed by atoms with van der Waals surface area (Å²) in [5.74, 6) is 6.02. The third kappa shape index (κ3) is 2.36. The van der Waals surface area contributed by atoms with Gasteiger partial charge in [-0.2, -0.15) is 11.8 Å². The molecule has 1 saturated heterocycles. The van der Waals surface area contributed by atoms with E-state index in [0.717, 1.165) is 37.5 Å². The average molecular weight is 253 g/mol. The van der Waals surface area contributed by atoms with Crippen LogP contribution in [0.15, 0.2) is 0 Å². The van der Waals surface area contributed by atoms with Crippen LogP contribution in [0.5, 0.6) is 0 Å². The fraction of sp³-hybridized carbons (Fsp3) is 0.833. The maximum atomic E-state index is 9.19. The van der Waals surface area contributed by atoms with Gasteiger partial charge >= 0.3 is 0 Å². The smallest absolute Gasteiger partial charge is 0.133 e. The van der Waals surface area contributed by atoms with Crippen molar-refractivity contribution in [1.29, 1.82) is 0 Å². The Labute approximate surface area is 106 Å². The maximum absolute atomic E-state index is 9.19. The number of fused-ring (bicyclic) bond motifs is 1. The standard InChI is InChI=1S/C12H19N3OS/c16-7-9-1-3-15-11(5-9)13-14-12(15)6-10-2-4-17-8-10/h9-10,16H,1-8H2. The fourth-order valence-electron chi connectivity index (χ4n) is 2.76. The minimum Gasteiger partial charge on any atom is -0.396 e. The summed E-state index contributed by atoms with van der Waals surface area (Å²) >= 11 is 2.05. The van der Waals surface area contributed by atoms with E-state index in [0.29, 0.717) is 5.92 Å². The van der Waals surface area contributed by atoms with E-state index < -0.39 is 0 Å². The number of aromatic nitrogens is 3. The van der Waals surface area contributed by atoms with Crippen molar-refractivity contribution in [2.24, 2.45) is 11.8 Å². The van der Waals surface area contributed by atoms with Crippen molar-refractivity contribution in [2.75, 3.05) is 18.1 Å². The van der Waals surface area contributed by atoms with Crippen molar-refractivity contribution >= 4 is 11.8 Å². The number of nitrogens with zero attached hydrogens (tertiary/aromatic N) is 3. The Morgan fingerprint density at radius 3 is 3.00 bits per heavy atom. The summed E-state index contributed by atoms with van der Waals surface area (Å²) in [6.45, 7) is 1.27. The molecule has 1 fully saturated rings. The number of aliphatic hydroxyl groups is 1. The molecule has 0 radical (unpaired) electrons. The number of rotatable bonds is 3. The van der Waals surface area contributed by atoms with Crippen LogP contribution in [0.25, 0.3) is 0 Å². The highest BCUT2D eigenvalue weighted by molar-refractivity contribution is 7.99. The maximum Gasteiger partial charge on any atom is 0.133 e. The van der Waals surface area contributed by atoms with Gasteiger partial charge < -0.3 is 9.67 Å². The molecule has 2 atom stereocenters. The monoisotopic (exact) mass is 253 g/mol. The van der Waals surface area contributed by atoms with Crippen LogP contribution >= 0.6 is 11.8 Å². The van der Waals surface area contributed by atoms with Crippen molar-refractivity contribution < 1.29 is 5.11 Å². The Kier molecular flexibility index (Phi) is 3.38. The molecule has 0 aromatic carbocycles. The van der Waals surface area contributed by atoms with Crippen LogP contribution < -0.4 is 0 Å². The first-order chi connectivity index (χ1) is 8.36. The van der Waals surface area contributed by atoms with Gasteiger partial charge in [0.05, 0.1) is 0 Å². The number of hydrogen-bond donors (Lipinski definition) is 1. The Bertz CT molecular complexity index is 387. The zero-order chi connectivity index (χ0) is 11.7. The predicted molar refractivity (Wildman–Crippen MR) is 68.1 cm³/mol. The molecule has 2 aliphatic heterocycles. The van der Waals surface area contributed by atoms with Gasteiger partial charge in [0, 0.05) is 26.0 Å². The molecule has 0 spiro atoms. The average Bonchev–Trinajstić information content (AvgIpc) is 2.99. The van der Waals surface area contributed by atoms with E-state index in [1.807, 2.05) is 0 Å². The minimum absolute atomic E-state index is 0.279. The summed E-state index contributed by atoms with van der Waals surface area (Å²) in [5, 5.41) is 17.8. The summed E-state index contributed by atoms with van der Waals surface area (Å²) < 4.78 is 2.29. The number of thioether (sulfide) groups is 1. The Morgan fingerprint density at radius 1 is 1.29 bits per heavy atom. The Balaban J connectivity index is 1.72. The summed E-state index contributed by atoms with van der Waals surface area (Å²) in [6.07, 6.45) is 4.37. The van der Waals surface area contributed by atoms with Crippen LogP contribution in [0.1, 0.15) is 24.5 Å². The molecule has 5 heteroatoms. The molecule has 2 unspecified atom stereocenters. The molecule has 0 saturated carbocycles. The molecule has 3 rings (SSSR count). The third-order valence-corrected chi connectivity index (χ3v) is 5.12. The summed E-state index contributed by atoms with van der Waals surface area (Å²) in [6, 6.07) is 0. The lowest BCUT2D eigenvalue weighted by Crippen LogP contribution is -2.23. The van der Waals surface area contributed by atoms with Gasteiger partial charge in [0.2, 0.25) is 0 Å². The van der Waals surface area contributed by atoms with E-state index in [1.54, 1.807) is 0 Å². The Hall–Kier alpha value is -0.550. The third-order valence-electron chi connectivity index (χ3n) is 3.89. The molecule has 0 bridgehead atoms. The fourth-order valence-corrected chi connectivity index (χ4v) is 4.05. The highest BCUT2D eigenvalue weighted by atomic mass is 32.2. The first-order valence-electron chi connectivity index (χ1n) is 6.46. The normalized spacial score (nSPS) is 28.3. The van der Waals surface area contributed by atoms with Crippen LogP contribution in [-0.4, -0.2) is 38.0 Å². The first-order valence-corrected chi connectivity index (χ1v) is 7.62. The van der Waals surface area contributed by atoms with Gasteiger partial charge in [-0.05, 0) is 36.2 Å². The van der Waals surface area contributed by atoms with E-state index in [4.69, 9.17) is 0 Å². The van der Waals surface area contributed by atoms with Crippen LogP contribution in [0.4, 0.5) is 0 Å². The number of aliphatic hydroxyl groups excluding tert-OH is 1. The van der Waals surface area contributed by atoms with Crippen molar-refractivity contribution in [3.63, 3.8) is 0 Å². The second kappa shape index (κ2) is 4.98. The largest absolute Gasteiger partial charge is 0.396 e. The van der Waals surface area contributed by atoms with E-state index in [2.05, 4.69) is 26.5 Å². The van der Waals surface area contributed by atoms with Gasteiger partial charge in [0.25, 0.3) is 0 Å². The van der Waals surface area contributed by atoms with Gasteiger partial charge in [-0.3, -0.25) is 0 Å². The summed E-state index contributed by atoms with van der Waals surface area (Å²) in [7, 11) is 0. The predicted octanol–water partition coefficient (Wildman–Crippen LogP) is 1.13. The Morgan fingerprint density at radius 2 is 2.24 bits per heavy atom. The molecular weight excluding hydrogens is 234 g/mol. The molecule has 1 aromatic rings. The lowest BCUT2D eigenvalue weighted by Gasteiger charge is -2.22. The zero-order valence-electron chi connectivity index (χ0n) is 10.0. The van der Waals surface area contributed by atoms with Crippen LogP contribution in [0.2, 0.25) is 0 Å². The van der Waals surface area contributed by atoms with Crippen molar-refractivity contribution in [3.8, 4) is 0 Å². The molecule has 2 aliphatic rings. The first kappa shape index (κ1) is 11.5. The molecule has 1 aromatic heterocycles. The molecular formula is C12H19N3OS. The van der Waals surface area contributed by atoms with E-state index in [-0.39, 0.29) is 6.61 Å². The van der Waals surface area contributed by atoms with E-state index >= 15 is 0 Å². The minimum atomic E-state index is 0.279. The number of hydrogen-bond acceptors (Lipinski definition) is 4. The highest BCUT2D eigenvalue weighted by Gasteiger charge is 2.24. The second-order valence-corrected chi connectivity index (χ2v) is 6.31. The van der Waals surface area contributed by atoms with E-state index in [9.17, 15) is 5.11 Å². The topological polar surface area (TPSA) is 50.9 Å². The van der Waals surface area contributed by atoms with Gasteiger partial charge in [0.15, 0.2) is 0 Å². The lowest BCUT2D eigenvalue weighted by molar-refractivity contribution is 0.198. The van der Waals surface area contributed by atoms with Crippen LogP contribution in [-0.2, 0) is 19.4 Å². The zero-order valence-corrected chi connectivity index (χ0v) is 10.8. The quantitative estimate of drug-likeness (QED) is 0.877. The lowest BCUT2D eigenvalue weighted by atomic mass is 9.98. The molecule has 1 N–H and O–H groups in total.